The number of amides is 2. The summed E-state index contributed by atoms with van der Waals surface area (Å²) in [6, 6.07) is -2.04. The van der Waals surface area contributed by atoms with Crippen LogP contribution in [0.3, 0.4) is 0 Å². The molecule has 4 N–H and O–H groups in total. The van der Waals surface area contributed by atoms with E-state index in [1.165, 1.54) is 0 Å². The Morgan fingerprint density at radius 3 is 2.56 bits per heavy atom. The minimum atomic E-state index is -1.40. The van der Waals surface area contributed by atoms with E-state index in [0.717, 1.165) is 17.9 Å². The Balaban J connectivity index is 2.31. The number of carbonyl (C=O) groups is 3. The highest BCUT2D eigenvalue weighted by Gasteiger charge is 2.23. The van der Waals surface area contributed by atoms with Crippen LogP contribution < -0.4 is 10.6 Å². The van der Waals surface area contributed by atoms with Gasteiger partial charge in [-0.25, -0.2) is 9.59 Å². The monoisotopic (exact) mass is 276 g/mol. The van der Waals surface area contributed by atoms with Crippen LogP contribution in [0.15, 0.2) is 0 Å². The van der Waals surface area contributed by atoms with Crippen molar-refractivity contribution < 1.29 is 24.6 Å². The Morgan fingerprint density at radius 1 is 1.33 bits per heavy atom. The Kier molecular flexibility index (Phi) is 5.76. The standard InChI is InChI=1S/C10H16N2O5S/c13-8(14)3-7(9(15)16)12-10(17)11-4-6-1-2-18-5-6/h6-7H,1-5H2,(H,13,14)(H,15,16)(H2,11,12,17)/t6?,7-/m0/s1. The third-order valence-corrected chi connectivity index (χ3v) is 3.79. The summed E-state index contributed by atoms with van der Waals surface area (Å²) in [4.78, 5) is 32.6. The molecule has 1 saturated heterocycles. The van der Waals surface area contributed by atoms with E-state index in [2.05, 4.69) is 10.6 Å². The van der Waals surface area contributed by atoms with Gasteiger partial charge in [0.15, 0.2) is 0 Å². The molecule has 0 aliphatic carbocycles. The van der Waals surface area contributed by atoms with Crippen LogP contribution in [0.25, 0.3) is 0 Å². The molecule has 0 radical (unpaired) electrons. The smallest absolute Gasteiger partial charge is 0.326 e. The van der Waals surface area contributed by atoms with Crippen molar-refractivity contribution in [1.82, 2.24) is 10.6 Å². The van der Waals surface area contributed by atoms with Crippen LogP contribution in [0.4, 0.5) is 4.79 Å². The molecule has 0 saturated carbocycles. The largest absolute Gasteiger partial charge is 0.481 e. The Bertz CT molecular complexity index is 330. The highest BCUT2D eigenvalue weighted by molar-refractivity contribution is 7.99. The van der Waals surface area contributed by atoms with Crippen molar-refractivity contribution in [3.8, 4) is 0 Å². The van der Waals surface area contributed by atoms with E-state index in [0.29, 0.717) is 12.5 Å². The lowest BCUT2D eigenvalue weighted by atomic mass is 10.1. The van der Waals surface area contributed by atoms with Gasteiger partial charge in [0.1, 0.15) is 6.04 Å². The second kappa shape index (κ2) is 7.10. The van der Waals surface area contributed by atoms with Crippen LogP contribution in [0, 0.1) is 5.92 Å². The van der Waals surface area contributed by atoms with Gasteiger partial charge in [-0.3, -0.25) is 4.79 Å². The molecule has 0 bridgehead atoms. The highest BCUT2D eigenvalue weighted by atomic mass is 32.2. The van der Waals surface area contributed by atoms with Crippen LogP contribution in [-0.2, 0) is 9.59 Å². The number of carboxylic acids is 2. The van der Waals surface area contributed by atoms with Crippen molar-refractivity contribution in [3.63, 3.8) is 0 Å². The zero-order chi connectivity index (χ0) is 13.5. The minimum absolute atomic E-state index is 0.406. The van der Waals surface area contributed by atoms with Gasteiger partial charge in [0.25, 0.3) is 0 Å². The van der Waals surface area contributed by atoms with Gasteiger partial charge in [-0.1, -0.05) is 0 Å². The quantitative estimate of drug-likeness (QED) is 0.541. The van der Waals surface area contributed by atoms with Gasteiger partial charge >= 0.3 is 18.0 Å². The summed E-state index contributed by atoms with van der Waals surface area (Å²) in [5, 5.41) is 22.0. The summed E-state index contributed by atoms with van der Waals surface area (Å²) in [6.45, 7) is 0.484. The van der Waals surface area contributed by atoms with Crippen LogP contribution in [0.5, 0.6) is 0 Å². The molecule has 1 unspecified atom stereocenters. The fourth-order valence-electron chi connectivity index (χ4n) is 1.57. The molecule has 8 heteroatoms. The zero-order valence-corrected chi connectivity index (χ0v) is 10.5. The second-order valence-corrected chi connectivity index (χ2v) is 5.22. The van der Waals surface area contributed by atoms with Gasteiger partial charge in [0.2, 0.25) is 0 Å². The van der Waals surface area contributed by atoms with Crippen molar-refractivity contribution in [1.29, 1.82) is 0 Å². The van der Waals surface area contributed by atoms with E-state index in [9.17, 15) is 14.4 Å². The molecule has 0 spiro atoms. The number of carboxylic acid groups (broad SMARTS) is 2. The third-order valence-electron chi connectivity index (χ3n) is 2.56. The zero-order valence-electron chi connectivity index (χ0n) is 9.72. The molecule has 0 aromatic carbocycles. The van der Waals surface area contributed by atoms with Gasteiger partial charge in [0.05, 0.1) is 6.42 Å². The molecule has 1 aliphatic heterocycles. The van der Waals surface area contributed by atoms with Crippen LogP contribution >= 0.6 is 11.8 Å². The summed E-state index contributed by atoms with van der Waals surface area (Å²) in [5.41, 5.74) is 0. The lowest BCUT2D eigenvalue weighted by Gasteiger charge is -2.15. The second-order valence-electron chi connectivity index (χ2n) is 4.07. The molecule has 2 amide bonds. The van der Waals surface area contributed by atoms with Crippen molar-refractivity contribution in [2.45, 2.75) is 18.9 Å². The number of hydrogen-bond acceptors (Lipinski definition) is 4. The minimum Gasteiger partial charge on any atom is -0.481 e. The number of urea groups is 1. The molecular weight excluding hydrogens is 260 g/mol. The maximum absolute atomic E-state index is 11.4. The molecule has 2 atom stereocenters. The van der Waals surface area contributed by atoms with Crippen LogP contribution in [0.1, 0.15) is 12.8 Å². The van der Waals surface area contributed by atoms with E-state index >= 15 is 0 Å². The number of nitrogens with one attached hydrogen (secondary N) is 2. The van der Waals surface area contributed by atoms with Gasteiger partial charge in [-0.05, 0) is 23.8 Å². The molecule has 18 heavy (non-hydrogen) atoms. The van der Waals surface area contributed by atoms with Gasteiger partial charge in [-0.15, -0.1) is 0 Å². The molecule has 0 aromatic rings. The first-order chi connectivity index (χ1) is 8.49. The Hall–Kier alpha value is -1.44. The normalized spacial score (nSPS) is 20.1. The molecular formula is C10H16N2O5S. The summed E-state index contributed by atoms with van der Waals surface area (Å²) < 4.78 is 0. The number of carbonyl (C=O) groups excluding carboxylic acids is 1. The maximum Gasteiger partial charge on any atom is 0.326 e. The lowest BCUT2D eigenvalue weighted by molar-refractivity contribution is -0.145. The predicted molar refractivity (Wildman–Crippen MR) is 65.6 cm³/mol. The van der Waals surface area contributed by atoms with E-state index < -0.39 is 30.4 Å². The average Bonchev–Trinajstić information content (AvgIpc) is 2.77. The van der Waals surface area contributed by atoms with Gasteiger partial charge < -0.3 is 20.8 Å². The van der Waals surface area contributed by atoms with Crippen molar-refractivity contribution >= 4 is 29.7 Å². The third kappa shape index (κ3) is 5.26. The number of aliphatic carboxylic acids is 2. The Morgan fingerprint density at radius 2 is 2.06 bits per heavy atom. The molecule has 1 heterocycles. The van der Waals surface area contributed by atoms with Crippen LogP contribution in [-0.4, -0.2) is 52.3 Å². The van der Waals surface area contributed by atoms with Crippen LogP contribution in [0.2, 0.25) is 0 Å². The first-order valence-corrected chi connectivity index (χ1v) is 6.71. The van der Waals surface area contributed by atoms with Crippen molar-refractivity contribution in [2.75, 3.05) is 18.1 Å². The highest BCUT2D eigenvalue weighted by Crippen LogP contribution is 2.22. The van der Waals surface area contributed by atoms with Crippen molar-refractivity contribution in [2.24, 2.45) is 5.92 Å². The number of thioether (sulfide) groups is 1. The maximum atomic E-state index is 11.4. The summed E-state index contributed by atoms with van der Waals surface area (Å²) in [7, 11) is 0. The van der Waals surface area contributed by atoms with Gasteiger partial charge in [0, 0.05) is 6.54 Å². The first-order valence-electron chi connectivity index (χ1n) is 5.55. The average molecular weight is 276 g/mol. The fourth-order valence-corrected chi connectivity index (χ4v) is 2.85. The molecule has 1 rings (SSSR count). The van der Waals surface area contributed by atoms with E-state index in [1.807, 2.05) is 11.8 Å². The fraction of sp³-hybridized carbons (Fsp3) is 0.700. The van der Waals surface area contributed by atoms with E-state index in [4.69, 9.17) is 10.2 Å². The summed E-state index contributed by atoms with van der Waals surface area (Å²) in [6.07, 6.45) is 0.393. The summed E-state index contributed by atoms with van der Waals surface area (Å²) in [5.74, 6) is -0.162. The van der Waals surface area contributed by atoms with Gasteiger partial charge in [-0.2, -0.15) is 11.8 Å². The first kappa shape index (κ1) is 14.6. The lowest BCUT2D eigenvalue weighted by Crippen LogP contribution is -2.47. The molecule has 102 valence electrons. The predicted octanol–water partition coefficient (Wildman–Crippen LogP) is -0.0334. The molecule has 7 nitrogen and oxygen atoms in total. The Labute approximate surface area is 108 Å². The number of rotatable bonds is 6. The topological polar surface area (TPSA) is 116 Å². The SMILES string of the molecule is O=C(O)C[C@H](NC(=O)NCC1CCSC1)C(=O)O. The van der Waals surface area contributed by atoms with Crippen molar-refractivity contribution in [3.05, 3.63) is 0 Å². The molecule has 1 aliphatic rings. The summed E-state index contributed by atoms with van der Waals surface area (Å²) >= 11 is 1.82. The van der Waals surface area contributed by atoms with E-state index in [-0.39, 0.29) is 0 Å². The molecule has 1 fully saturated rings. The molecule has 0 aromatic heterocycles. The van der Waals surface area contributed by atoms with E-state index in [1.54, 1.807) is 0 Å². The number of hydrogen-bond donors (Lipinski definition) is 4.